The van der Waals surface area contributed by atoms with Crippen molar-refractivity contribution in [2.24, 2.45) is 0 Å². The first-order valence-electron chi connectivity index (χ1n) is 8.82. The Morgan fingerprint density at radius 2 is 1.59 bits per heavy atom. The van der Waals surface area contributed by atoms with Gasteiger partial charge in [-0.15, -0.1) is 0 Å². The molecule has 0 aliphatic heterocycles. The van der Waals surface area contributed by atoms with E-state index in [9.17, 15) is 9.59 Å². The minimum atomic E-state index is -0.338. The van der Waals surface area contributed by atoms with E-state index in [0.29, 0.717) is 23.4 Å². The summed E-state index contributed by atoms with van der Waals surface area (Å²) in [4.78, 5) is 25.0. The minimum Gasteiger partial charge on any atom is -0.348 e. The van der Waals surface area contributed by atoms with Crippen molar-refractivity contribution < 1.29 is 9.59 Å². The van der Waals surface area contributed by atoms with E-state index in [1.807, 2.05) is 36.4 Å². The molecule has 7 heteroatoms. The number of benzene rings is 3. The first kappa shape index (κ1) is 20.7. The molecule has 3 rings (SSSR count). The van der Waals surface area contributed by atoms with Gasteiger partial charge in [0.1, 0.15) is 0 Å². The maximum atomic E-state index is 12.6. The highest BCUT2D eigenvalue weighted by atomic mass is 79.9. The van der Waals surface area contributed by atoms with E-state index in [1.165, 1.54) is 0 Å². The molecular weight excluding hydrogens is 450 g/mol. The lowest BCUT2D eigenvalue weighted by Crippen LogP contribution is -2.35. The van der Waals surface area contributed by atoms with E-state index in [1.54, 1.807) is 42.5 Å². The van der Waals surface area contributed by atoms with Crippen molar-refractivity contribution in [1.82, 2.24) is 10.6 Å². The van der Waals surface area contributed by atoms with Crippen LogP contribution in [0.25, 0.3) is 0 Å². The number of rotatable bonds is 5. The number of hydrogen-bond acceptors (Lipinski definition) is 3. The van der Waals surface area contributed by atoms with Gasteiger partial charge < -0.3 is 10.6 Å². The van der Waals surface area contributed by atoms with Gasteiger partial charge in [-0.25, -0.2) is 0 Å². The lowest BCUT2D eigenvalue weighted by molar-refractivity contribution is 0.0950. The summed E-state index contributed by atoms with van der Waals surface area (Å²) >= 11 is 8.58. The number of thiocarbonyl (C=S) groups is 1. The molecule has 3 aromatic carbocycles. The van der Waals surface area contributed by atoms with Crippen LogP contribution in [0.4, 0.5) is 5.69 Å². The lowest BCUT2D eigenvalue weighted by atomic mass is 10.1. The summed E-state index contributed by atoms with van der Waals surface area (Å²) in [5, 5.41) is 8.55. The zero-order chi connectivity index (χ0) is 20.6. The summed E-state index contributed by atoms with van der Waals surface area (Å²) in [6.45, 7) is 0.415. The molecule has 0 bridgehead atoms. The molecule has 3 aromatic rings. The molecule has 0 spiro atoms. The van der Waals surface area contributed by atoms with Crippen molar-refractivity contribution in [3.63, 3.8) is 0 Å². The molecule has 29 heavy (non-hydrogen) atoms. The fraction of sp³-hybridized carbons (Fsp3) is 0.0455. The zero-order valence-corrected chi connectivity index (χ0v) is 17.7. The summed E-state index contributed by atoms with van der Waals surface area (Å²) in [6, 6.07) is 23.6. The second-order valence-corrected chi connectivity index (χ2v) is 7.46. The van der Waals surface area contributed by atoms with Gasteiger partial charge in [-0.3, -0.25) is 14.9 Å². The van der Waals surface area contributed by atoms with Crippen LogP contribution in [0.1, 0.15) is 26.3 Å². The Morgan fingerprint density at radius 3 is 2.34 bits per heavy atom. The third-order valence-corrected chi connectivity index (χ3v) is 4.73. The Kier molecular flexibility index (Phi) is 7.10. The van der Waals surface area contributed by atoms with E-state index < -0.39 is 0 Å². The second-order valence-electron chi connectivity index (χ2n) is 6.13. The van der Waals surface area contributed by atoms with E-state index in [2.05, 4.69) is 31.9 Å². The minimum absolute atomic E-state index is 0.110. The highest BCUT2D eigenvalue weighted by Gasteiger charge is 2.13. The standard InChI is InChI=1S/C22H18BrN3O2S/c23-17-10-6-9-16(13-17)20(27)26-22(29)25-19-12-5-4-11-18(19)21(28)24-14-15-7-2-1-3-8-15/h1-13H,14H2,(H,24,28)(H2,25,26,27,29). The number of anilines is 1. The van der Waals surface area contributed by atoms with Crippen molar-refractivity contribution in [3.05, 3.63) is 100 Å². The Bertz CT molecular complexity index is 1040. The monoisotopic (exact) mass is 467 g/mol. The molecule has 3 N–H and O–H groups in total. The molecule has 2 amide bonds. The van der Waals surface area contributed by atoms with Crippen LogP contribution in [0, 0.1) is 0 Å². The molecule has 0 atom stereocenters. The van der Waals surface area contributed by atoms with Gasteiger partial charge in [-0.05, 0) is 48.1 Å². The Hall–Kier alpha value is -3.03. The van der Waals surface area contributed by atoms with E-state index in [-0.39, 0.29) is 16.9 Å². The highest BCUT2D eigenvalue weighted by Crippen LogP contribution is 2.16. The normalized spacial score (nSPS) is 10.1. The largest absolute Gasteiger partial charge is 0.348 e. The second kappa shape index (κ2) is 9.95. The number of para-hydroxylation sites is 1. The molecule has 0 heterocycles. The lowest BCUT2D eigenvalue weighted by Gasteiger charge is -2.14. The van der Waals surface area contributed by atoms with Crippen molar-refractivity contribution in [2.45, 2.75) is 6.54 Å². The van der Waals surface area contributed by atoms with E-state index in [0.717, 1.165) is 10.0 Å². The van der Waals surface area contributed by atoms with Gasteiger partial charge in [0.05, 0.1) is 11.3 Å². The van der Waals surface area contributed by atoms with Gasteiger partial charge in [0, 0.05) is 16.6 Å². The maximum Gasteiger partial charge on any atom is 0.257 e. The SMILES string of the molecule is O=C(NC(=S)Nc1ccccc1C(=O)NCc1ccccc1)c1cccc(Br)c1. The number of hydrogen-bond donors (Lipinski definition) is 3. The number of nitrogens with one attached hydrogen (secondary N) is 3. The van der Waals surface area contributed by atoms with Crippen LogP contribution in [0.5, 0.6) is 0 Å². The van der Waals surface area contributed by atoms with Crippen LogP contribution in [0.3, 0.4) is 0 Å². The number of halogens is 1. The van der Waals surface area contributed by atoms with Gasteiger partial charge >= 0.3 is 0 Å². The molecule has 5 nitrogen and oxygen atoms in total. The van der Waals surface area contributed by atoms with Crippen molar-refractivity contribution in [3.8, 4) is 0 Å². The molecule has 0 radical (unpaired) electrons. The summed E-state index contributed by atoms with van der Waals surface area (Å²) in [5.41, 5.74) is 2.42. The van der Waals surface area contributed by atoms with Gasteiger partial charge in [-0.2, -0.15) is 0 Å². The fourth-order valence-electron chi connectivity index (χ4n) is 2.62. The molecule has 0 aromatic heterocycles. The fourth-order valence-corrected chi connectivity index (χ4v) is 3.22. The maximum absolute atomic E-state index is 12.6. The Balaban J connectivity index is 1.64. The summed E-state index contributed by atoms with van der Waals surface area (Å²) in [6.07, 6.45) is 0. The molecule has 0 aliphatic rings. The quantitative estimate of drug-likeness (QED) is 0.482. The van der Waals surface area contributed by atoms with Crippen LogP contribution in [0.2, 0.25) is 0 Å². The first-order chi connectivity index (χ1) is 14.0. The topological polar surface area (TPSA) is 70.2 Å². The molecular formula is C22H18BrN3O2S. The molecule has 0 aliphatic carbocycles. The average molecular weight is 468 g/mol. The molecule has 0 unspecified atom stereocenters. The highest BCUT2D eigenvalue weighted by molar-refractivity contribution is 9.10. The summed E-state index contributed by atoms with van der Waals surface area (Å²) in [5.74, 6) is -0.576. The van der Waals surface area contributed by atoms with Crippen molar-refractivity contribution >= 4 is 50.8 Å². The Morgan fingerprint density at radius 1 is 0.862 bits per heavy atom. The third kappa shape index (κ3) is 5.97. The van der Waals surface area contributed by atoms with Crippen molar-refractivity contribution in [2.75, 3.05) is 5.32 Å². The smallest absolute Gasteiger partial charge is 0.257 e. The van der Waals surface area contributed by atoms with Gasteiger partial charge in [-0.1, -0.05) is 64.5 Å². The molecule has 0 saturated heterocycles. The third-order valence-electron chi connectivity index (χ3n) is 4.03. The summed E-state index contributed by atoms with van der Waals surface area (Å²) < 4.78 is 0.796. The summed E-state index contributed by atoms with van der Waals surface area (Å²) in [7, 11) is 0. The predicted molar refractivity (Wildman–Crippen MR) is 122 cm³/mol. The Labute approximate surface area is 182 Å². The van der Waals surface area contributed by atoms with Gasteiger partial charge in [0.25, 0.3) is 11.8 Å². The van der Waals surface area contributed by atoms with Crippen LogP contribution >= 0.6 is 28.1 Å². The van der Waals surface area contributed by atoms with Gasteiger partial charge in [0.2, 0.25) is 0 Å². The van der Waals surface area contributed by atoms with E-state index in [4.69, 9.17) is 12.2 Å². The van der Waals surface area contributed by atoms with Crippen LogP contribution in [0.15, 0.2) is 83.3 Å². The van der Waals surface area contributed by atoms with Crippen molar-refractivity contribution in [1.29, 1.82) is 0 Å². The average Bonchev–Trinajstić information content (AvgIpc) is 2.73. The van der Waals surface area contributed by atoms with Crippen LogP contribution in [-0.2, 0) is 6.54 Å². The predicted octanol–water partition coefficient (Wildman–Crippen LogP) is 4.51. The molecule has 0 saturated carbocycles. The zero-order valence-electron chi connectivity index (χ0n) is 15.3. The number of carbonyl (C=O) groups is 2. The molecule has 146 valence electrons. The number of amides is 2. The van der Waals surface area contributed by atoms with Crippen LogP contribution < -0.4 is 16.0 Å². The van der Waals surface area contributed by atoms with Crippen LogP contribution in [-0.4, -0.2) is 16.9 Å². The first-order valence-corrected chi connectivity index (χ1v) is 10.0. The molecule has 0 fully saturated rings. The van der Waals surface area contributed by atoms with Gasteiger partial charge in [0.15, 0.2) is 5.11 Å². The van der Waals surface area contributed by atoms with E-state index >= 15 is 0 Å². The number of carbonyl (C=O) groups excluding carboxylic acids is 2.